The summed E-state index contributed by atoms with van der Waals surface area (Å²) in [6, 6.07) is 33.9. The number of halogens is 1. The smallest absolute Gasteiger partial charge is 0.128 e. The van der Waals surface area contributed by atoms with E-state index in [1.54, 1.807) is 0 Å². The predicted octanol–water partition coefficient (Wildman–Crippen LogP) is 5.23. The number of hydrogen-bond donors (Lipinski definition) is 1. The topological polar surface area (TPSA) is 29.9 Å². The molecular weight excluding hydrogens is 410 g/mol. The summed E-state index contributed by atoms with van der Waals surface area (Å²) in [5, 5.41) is 8.31. The first-order valence-corrected chi connectivity index (χ1v) is 10.2. The van der Waals surface area contributed by atoms with Crippen LogP contribution in [-0.2, 0) is 12.1 Å². The molecule has 28 heavy (non-hydrogen) atoms. The first kappa shape index (κ1) is 18.7. The van der Waals surface area contributed by atoms with Crippen molar-refractivity contribution in [2.75, 3.05) is 6.54 Å². The van der Waals surface area contributed by atoms with E-state index in [1.807, 2.05) is 16.9 Å². The van der Waals surface area contributed by atoms with Gasteiger partial charge < -0.3 is 0 Å². The SMILES string of the molecule is Brc1ccn(CCNC(c2ccccc2)(c2ccccc2)c2ccccc2)n1. The van der Waals surface area contributed by atoms with Crippen molar-refractivity contribution in [3.63, 3.8) is 0 Å². The van der Waals surface area contributed by atoms with E-state index in [0.717, 1.165) is 17.7 Å². The van der Waals surface area contributed by atoms with Crippen LogP contribution in [-0.4, -0.2) is 16.3 Å². The van der Waals surface area contributed by atoms with E-state index < -0.39 is 5.54 Å². The van der Waals surface area contributed by atoms with Crippen molar-refractivity contribution in [1.29, 1.82) is 0 Å². The summed E-state index contributed by atoms with van der Waals surface area (Å²) in [7, 11) is 0. The van der Waals surface area contributed by atoms with E-state index in [4.69, 9.17) is 0 Å². The fourth-order valence-electron chi connectivity index (χ4n) is 3.69. The van der Waals surface area contributed by atoms with Gasteiger partial charge in [-0.15, -0.1) is 0 Å². The van der Waals surface area contributed by atoms with Gasteiger partial charge in [-0.25, -0.2) is 0 Å². The summed E-state index contributed by atoms with van der Waals surface area (Å²) in [5.74, 6) is 0. The first-order chi connectivity index (χ1) is 13.8. The highest BCUT2D eigenvalue weighted by molar-refractivity contribution is 9.10. The second kappa shape index (κ2) is 8.55. The Hall–Kier alpha value is -2.69. The second-order valence-corrected chi connectivity index (χ2v) is 7.49. The molecule has 0 amide bonds. The Morgan fingerprint density at radius 1 is 0.714 bits per heavy atom. The molecule has 0 aliphatic rings. The van der Waals surface area contributed by atoms with E-state index >= 15 is 0 Å². The number of aromatic nitrogens is 2. The van der Waals surface area contributed by atoms with Gasteiger partial charge >= 0.3 is 0 Å². The molecule has 1 aromatic heterocycles. The highest BCUT2D eigenvalue weighted by Crippen LogP contribution is 2.36. The summed E-state index contributed by atoms with van der Waals surface area (Å²) in [6.07, 6.45) is 1.99. The van der Waals surface area contributed by atoms with Crippen molar-refractivity contribution in [3.8, 4) is 0 Å². The number of benzene rings is 3. The van der Waals surface area contributed by atoms with Gasteiger partial charge in [0.25, 0.3) is 0 Å². The molecular formula is C24H22BrN3. The third-order valence-corrected chi connectivity index (χ3v) is 5.38. The van der Waals surface area contributed by atoms with Crippen LogP contribution in [0.2, 0.25) is 0 Å². The Balaban J connectivity index is 1.78. The minimum absolute atomic E-state index is 0.436. The van der Waals surface area contributed by atoms with Crippen LogP contribution in [0.4, 0.5) is 0 Å². The van der Waals surface area contributed by atoms with Gasteiger partial charge in [0.2, 0.25) is 0 Å². The summed E-state index contributed by atoms with van der Waals surface area (Å²) in [5.41, 5.74) is 3.21. The van der Waals surface area contributed by atoms with Crippen LogP contribution in [0.1, 0.15) is 16.7 Å². The van der Waals surface area contributed by atoms with Gasteiger partial charge in [0.1, 0.15) is 4.60 Å². The Labute approximate surface area is 174 Å². The van der Waals surface area contributed by atoms with Crippen LogP contribution < -0.4 is 5.32 Å². The Bertz CT molecular complexity index is 901. The van der Waals surface area contributed by atoms with Crippen LogP contribution in [0.5, 0.6) is 0 Å². The normalized spacial score (nSPS) is 11.5. The molecule has 0 radical (unpaired) electrons. The van der Waals surface area contributed by atoms with Gasteiger partial charge in [0.05, 0.1) is 12.1 Å². The molecule has 0 saturated carbocycles. The molecule has 0 fully saturated rings. The van der Waals surface area contributed by atoms with Crippen LogP contribution in [0, 0.1) is 0 Å². The van der Waals surface area contributed by atoms with E-state index in [1.165, 1.54) is 16.7 Å². The lowest BCUT2D eigenvalue weighted by atomic mass is 9.77. The van der Waals surface area contributed by atoms with Gasteiger partial charge in [-0.2, -0.15) is 5.10 Å². The lowest BCUT2D eigenvalue weighted by molar-refractivity contribution is 0.440. The molecule has 0 saturated heterocycles. The molecule has 140 valence electrons. The van der Waals surface area contributed by atoms with Crippen molar-refractivity contribution in [2.24, 2.45) is 0 Å². The third kappa shape index (κ3) is 3.79. The number of rotatable bonds is 7. The van der Waals surface area contributed by atoms with Gasteiger partial charge in [-0.3, -0.25) is 10.00 Å². The summed E-state index contributed by atoms with van der Waals surface area (Å²) >= 11 is 3.42. The molecule has 0 bridgehead atoms. The molecule has 1 heterocycles. The van der Waals surface area contributed by atoms with Crippen LogP contribution in [0.25, 0.3) is 0 Å². The standard InChI is InChI=1S/C24H22BrN3/c25-23-16-18-28(27-23)19-17-26-24(20-10-4-1-5-11-20,21-12-6-2-7-13-21)22-14-8-3-9-15-22/h1-16,18,26H,17,19H2. The molecule has 1 N–H and O–H groups in total. The summed E-state index contributed by atoms with van der Waals surface area (Å²) < 4.78 is 2.80. The largest absolute Gasteiger partial charge is 0.298 e. The molecule has 4 rings (SSSR count). The zero-order valence-electron chi connectivity index (χ0n) is 15.5. The molecule has 4 aromatic rings. The molecule has 0 spiro atoms. The van der Waals surface area contributed by atoms with Gasteiger partial charge in [-0.05, 0) is 38.7 Å². The van der Waals surface area contributed by atoms with Gasteiger partial charge in [0, 0.05) is 12.7 Å². The van der Waals surface area contributed by atoms with Crippen molar-refractivity contribution < 1.29 is 0 Å². The number of hydrogen-bond acceptors (Lipinski definition) is 2. The molecule has 4 heteroatoms. The van der Waals surface area contributed by atoms with Gasteiger partial charge in [0.15, 0.2) is 0 Å². The van der Waals surface area contributed by atoms with Crippen LogP contribution in [0.3, 0.4) is 0 Å². The van der Waals surface area contributed by atoms with Crippen LogP contribution >= 0.6 is 15.9 Å². The maximum Gasteiger partial charge on any atom is 0.128 e. The molecule has 3 aromatic carbocycles. The van der Waals surface area contributed by atoms with E-state index in [-0.39, 0.29) is 0 Å². The maximum atomic E-state index is 4.44. The summed E-state index contributed by atoms with van der Waals surface area (Å²) in [6.45, 7) is 1.55. The van der Waals surface area contributed by atoms with Crippen LogP contribution in [0.15, 0.2) is 108 Å². The van der Waals surface area contributed by atoms with Gasteiger partial charge in [-0.1, -0.05) is 91.0 Å². The molecule has 0 unspecified atom stereocenters. The zero-order valence-corrected chi connectivity index (χ0v) is 17.1. The quantitative estimate of drug-likeness (QED) is 0.406. The lowest BCUT2D eigenvalue weighted by Crippen LogP contribution is -2.46. The Kier molecular flexibility index (Phi) is 5.70. The van der Waals surface area contributed by atoms with E-state index in [9.17, 15) is 0 Å². The summed E-state index contributed by atoms with van der Waals surface area (Å²) in [4.78, 5) is 0. The van der Waals surface area contributed by atoms with Crippen molar-refractivity contribution >= 4 is 15.9 Å². The minimum Gasteiger partial charge on any atom is -0.298 e. The second-order valence-electron chi connectivity index (χ2n) is 6.68. The molecule has 0 aliphatic heterocycles. The fraction of sp³-hybridized carbons (Fsp3) is 0.125. The predicted molar refractivity (Wildman–Crippen MR) is 117 cm³/mol. The average Bonchev–Trinajstić information content (AvgIpc) is 3.18. The molecule has 3 nitrogen and oxygen atoms in total. The minimum atomic E-state index is -0.436. The average molecular weight is 432 g/mol. The van der Waals surface area contributed by atoms with E-state index in [2.05, 4.69) is 117 Å². The van der Waals surface area contributed by atoms with Crippen molar-refractivity contribution in [1.82, 2.24) is 15.1 Å². The monoisotopic (exact) mass is 431 g/mol. The molecule has 0 atom stereocenters. The Morgan fingerprint density at radius 2 is 1.18 bits per heavy atom. The van der Waals surface area contributed by atoms with E-state index in [0.29, 0.717) is 0 Å². The molecule has 0 aliphatic carbocycles. The number of nitrogens with zero attached hydrogens (tertiary/aromatic N) is 2. The first-order valence-electron chi connectivity index (χ1n) is 9.39. The zero-order chi connectivity index (χ0) is 19.2. The Morgan fingerprint density at radius 3 is 1.57 bits per heavy atom. The lowest BCUT2D eigenvalue weighted by Gasteiger charge is -2.37. The maximum absolute atomic E-state index is 4.44. The van der Waals surface area contributed by atoms with Crippen molar-refractivity contribution in [2.45, 2.75) is 12.1 Å². The third-order valence-electron chi connectivity index (χ3n) is 4.96. The highest BCUT2D eigenvalue weighted by atomic mass is 79.9. The number of nitrogens with one attached hydrogen (secondary N) is 1. The fourth-order valence-corrected chi connectivity index (χ4v) is 4.01. The highest BCUT2D eigenvalue weighted by Gasteiger charge is 2.35. The van der Waals surface area contributed by atoms with Crippen molar-refractivity contribution in [3.05, 3.63) is 125 Å².